The molecule has 3 rings (SSSR count). The van der Waals surface area contributed by atoms with Crippen LogP contribution in [0.4, 0.5) is 0 Å². The topological polar surface area (TPSA) is 96.9 Å². The highest BCUT2D eigenvalue weighted by Gasteiger charge is 2.18. The highest BCUT2D eigenvalue weighted by molar-refractivity contribution is 7.13. The molecule has 1 aliphatic rings. The number of hydrogen-bond acceptors (Lipinski definition) is 6. The number of azo groups is 1. The predicted octanol–water partition coefficient (Wildman–Crippen LogP) is 1.94. The first-order valence-corrected chi connectivity index (χ1v) is 7.00. The number of aromatic nitrogens is 1. The minimum Gasteiger partial charge on any atom is -0.355 e. The zero-order chi connectivity index (χ0) is 14.7. The third kappa shape index (κ3) is 3.11. The molecule has 0 saturated carbocycles. The van der Waals surface area contributed by atoms with Crippen molar-refractivity contribution in [2.75, 3.05) is 0 Å². The van der Waals surface area contributed by atoms with E-state index in [-0.39, 0.29) is 12.5 Å². The molecule has 1 aliphatic heterocycles. The number of hydrogen-bond donors (Lipinski definition) is 1. The molecule has 0 radical (unpaired) electrons. The summed E-state index contributed by atoms with van der Waals surface area (Å²) in [5.41, 5.74) is 0.611. The van der Waals surface area contributed by atoms with Crippen molar-refractivity contribution in [2.45, 2.75) is 12.6 Å². The zero-order valence-electron chi connectivity index (χ0n) is 10.7. The molecule has 0 saturated heterocycles. The Kier molecular flexibility index (Phi) is 3.69. The summed E-state index contributed by atoms with van der Waals surface area (Å²) in [5.74, 6) is -0.142. The second-order valence-corrected chi connectivity index (χ2v) is 5.18. The summed E-state index contributed by atoms with van der Waals surface area (Å²) >= 11 is 1.55. The second kappa shape index (κ2) is 5.80. The fourth-order valence-electron chi connectivity index (χ4n) is 1.72. The fraction of sp³-hybridized carbons (Fsp3) is 0.154. The Balaban J connectivity index is 1.58. The Bertz CT molecular complexity index is 702. The average molecular weight is 302 g/mol. The third-order valence-corrected chi connectivity index (χ3v) is 3.62. The highest BCUT2D eigenvalue weighted by atomic mass is 32.1. The molecule has 0 aromatic carbocycles. The molecule has 0 aliphatic carbocycles. The van der Waals surface area contributed by atoms with E-state index in [0.717, 1.165) is 4.88 Å². The number of rotatable bonds is 4. The lowest BCUT2D eigenvalue weighted by molar-refractivity contribution is -0.121. The molecule has 0 fully saturated rings. The van der Waals surface area contributed by atoms with E-state index in [0.29, 0.717) is 11.5 Å². The van der Waals surface area contributed by atoms with Crippen LogP contribution in [0.25, 0.3) is 10.6 Å². The molecule has 2 amide bonds. The fourth-order valence-corrected chi connectivity index (χ4v) is 2.39. The van der Waals surface area contributed by atoms with Crippen LogP contribution in [0.15, 0.2) is 50.5 Å². The van der Waals surface area contributed by atoms with Crippen molar-refractivity contribution in [1.29, 1.82) is 0 Å². The van der Waals surface area contributed by atoms with Gasteiger partial charge < -0.3 is 9.84 Å². The first kappa shape index (κ1) is 13.4. The number of carbonyl (C=O) groups excluding carboxylic acids is 2. The van der Waals surface area contributed by atoms with Crippen LogP contribution in [0.5, 0.6) is 0 Å². The van der Waals surface area contributed by atoms with Gasteiger partial charge >= 0.3 is 0 Å². The standard InChI is InChI=1S/C13H10N4O3S/c18-12-4-3-9(15-16-12)13(19)14-7-8-6-10(20-17-8)11-2-1-5-21-11/h1-6,9H,7H2,(H,14,19). The van der Waals surface area contributed by atoms with Crippen molar-refractivity contribution < 1.29 is 14.1 Å². The number of thiophene rings is 1. The molecular weight excluding hydrogens is 292 g/mol. The Morgan fingerprint density at radius 2 is 2.38 bits per heavy atom. The molecule has 2 aromatic heterocycles. The Hall–Kier alpha value is -2.61. The van der Waals surface area contributed by atoms with Gasteiger partial charge in [0.05, 0.1) is 11.4 Å². The van der Waals surface area contributed by atoms with Crippen molar-refractivity contribution in [3.8, 4) is 10.6 Å². The lowest BCUT2D eigenvalue weighted by atomic mass is 10.2. The summed E-state index contributed by atoms with van der Waals surface area (Å²) in [6, 6.07) is 4.85. The van der Waals surface area contributed by atoms with Crippen molar-refractivity contribution >= 4 is 23.2 Å². The summed E-state index contributed by atoms with van der Waals surface area (Å²) in [4.78, 5) is 23.6. The minimum atomic E-state index is -0.772. The van der Waals surface area contributed by atoms with E-state index >= 15 is 0 Å². The van der Waals surface area contributed by atoms with Crippen LogP contribution in [0.1, 0.15) is 5.69 Å². The molecular formula is C13H10N4O3S. The van der Waals surface area contributed by atoms with Gasteiger partial charge in [-0.1, -0.05) is 11.2 Å². The van der Waals surface area contributed by atoms with E-state index in [4.69, 9.17) is 4.52 Å². The summed E-state index contributed by atoms with van der Waals surface area (Å²) in [7, 11) is 0. The van der Waals surface area contributed by atoms with Gasteiger partial charge in [0.25, 0.3) is 11.8 Å². The smallest absolute Gasteiger partial charge is 0.287 e. The lowest BCUT2D eigenvalue weighted by Gasteiger charge is -2.08. The molecule has 0 bridgehead atoms. The van der Waals surface area contributed by atoms with Gasteiger partial charge in [0.1, 0.15) is 5.69 Å². The highest BCUT2D eigenvalue weighted by Crippen LogP contribution is 2.24. The van der Waals surface area contributed by atoms with E-state index in [9.17, 15) is 9.59 Å². The number of nitrogens with one attached hydrogen (secondary N) is 1. The van der Waals surface area contributed by atoms with Crippen molar-refractivity contribution in [3.05, 3.63) is 41.4 Å². The maximum Gasteiger partial charge on any atom is 0.287 e. The monoisotopic (exact) mass is 302 g/mol. The predicted molar refractivity (Wildman–Crippen MR) is 74.5 cm³/mol. The van der Waals surface area contributed by atoms with E-state index in [1.165, 1.54) is 12.2 Å². The Morgan fingerprint density at radius 1 is 1.48 bits per heavy atom. The summed E-state index contributed by atoms with van der Waals surface area (Å²) in [6.45, 7) is 0.224. The molecule has 106 valence electrons. The van der Waals surface area contributed by atoms with Crippen molar-refractivity contribution in [2.24, 2.45) is 10.2 Å². The lowest BCUT2D eigenvalue weighted by Crippen LogP contribution is -2.32. The van der Waals surface area contributed by atoms with Gasteiger partial charge in [-0.25, -0.2) is 0 Å². The van der Waals surface area contributed by atoms with E-state index in [1.807, 2.05) is 17.5 Å². The normalized spacial score (nSPS) is 17.1. The maximum atomic E-state index is 11.8. The van der Waals surface area contributed by atoms with Gasteiger partial charge in [0.15, 0.2) is 11.8 Å². The molecule has 8 heteroatoms. The average Bonchev–Trinajstić information content (AvgIpc) is 3.16. The van der Waals surface area contributed by atoms with Gasteiger partial charge in [-0.15, -0.1) is 16.5 Å². The third-order valence-electron chi connectivity index (χ3n) is 2.74. The van der Waals surface area contributed by atoms with E-state index in [2.05, 4.69) is 20.7 Å². The van der Waals surface area contributed by atoms with Crippen molar-refractivity contribution in [1.82, 2.24) is 10.5 Å². The van der Waals surface area contributed by atoms with Crippen LogP contribution in [-0.4, -0.2) is 23.0 Å². The second-order valence-electron chi connectivity index (χ2n) is 4.24. The van der Waals surface area contributed by atoms with E-state index < -0.39 is 11.9 Å². The Labute approximate surface area is 123 Å². The van der Waals surface area contributed by atoms with Crippen molar-refractivity contribution in [3.63, 3.8) is 0 Å². The SMILES string of the molecule is O=C1C=CC(C(=O)NCc2cc(-c3cccs3)on2)N=N1. The largest absolute Gasteiger partial charge is 0.355 e. The summed E-state index contributed by atoms with van der Waals surface area (Å²) in [6.07, 6.45) is 2.63. The minimum absolute atomic E-state index is 0.224. The van der Waals surface area contributed by atoms with Crippen LogP contribution < -0.4 is 5.32 Å². The molecule has 7 nitrogen and oxygen atoms in total. The number of amides is 2. The molecule has 1 N–H and O–H groups in total. The first-order chi connectivity index (χ1) is 10.2. The number of nitrogens with zero attached hydrogens (tertiary/aromatic N) is 3. The van der Waals surface area contributed by atoms with Gasteiger partial charge in [-0.2, -0.15) is 5.11 Å². The van der Waals surface area contributed by atoms with Gasteiger partial charge in [0.2, 0.25) is 0 Å². The van der Waals surface area contributed by atoms with Crippen LogP contribution >= 0.6 is 11.3 Å². The van der Waals surface area contributed by atoms with Crippen LogP contribution in [0.2, 0.25) is 0 Å². The van der Waals surface area contributed by atoms with Gasteiger partial charge in [-0.05, 0) is 17.5 Å². The maximum absolute atomic E-state index is 11.8. The first-order valence-electron chi connectivity index (χ1n) is 6.12. The molecule has 1 atom stereocenters. The van der Waals surface area contributed by atoms with E-state index in [1.54, 1.807) is 17.4 Å². The molecule has 2 aromatic rings. The van der Waals surface area contributed by atoms with Crippen LogP contribution in [0.3, 0.4) is 0 Å². The molecule has 1 unspecified atom stereocenters. The molecule has 3 heterocycles. The summed E-state index contributed by atoms with van der Waals surface area (Å²) < 4.78 is 5.21. The zero-order valence-corrected chi connectivity index (χ0v) is 11.5. The molecule has 0 spiro atoms. The van der Waals surface area contributed by atoms with Gasteiger partial charge in [-0.3, -0.25) is 9.59 Å². The quantitative estimate of drug-likeness (QED) is 0.933. The number of carbonyl (C=O) groups is 2. The van der Waals surface area contributed by atoms with Crippen LogP contribution in [-0.2, 0) is 16.1 Å². The summed E-state index contributed by atoms with van der Waals surface area (Å²) in [5, 5.41) is 15.4. The van der Waals surface area contributed by atoms with Gasteiger partial charge in [0, 0.05) is 12.1 Å². The Morgan fingerprint density at radius 3 is 3.10 bits per heavy atom. The molecule has 21 heavy (non-hydrogen) atoms. The van der Waals surface area contributed by atoms with Crippen LogP contribution in [0, 0.1) is 0 Å².